The molecule has 5 N–H and O–H groups in total. The molecule has 1 aliphatic rings. The van der Waals surface area contributed by atoms with E-state index in [0.29, 0.717) is 6.42 Å². The summed E-state index contributed by atoms with van der Waals surface area (Å²) in [6.07, 6.45) is -1.98. The number of aromatic nitrogens is 4. The van der Waals surface area contributed by atoms with Crippen molar-refractivity contribution in [3.8, 4) is 0 Å². The van der Waals surface area contributed by atoms with Gasteiger partial charge in [0, 0.05) is 0 Å². The summed E-state index contributed by atoms with van der Waals surface area (Å²) in [5, 5.41) is 11.1. The molecule has 2 aromatic rings. The normalized spacial score (nSPS) is 27.0. The quantitative estimate of drug-likeness (QED) is 0.470. The fourth-order valence-corrected chi connectivity index (χ4v) is 5.77. The van der Waals surface area contributed by atoms with Crippen molar-refractivity contribution in [3.63, 3.8) is 0 Å². The highest BCUT2D eigenvalue weighted by Gasteiger charge is 2.49. The standard InChI is InChI=1S/C18H30N5O6PS/c1-17(2,3)7-9-12(28-30(26,31)29-18(4,5)6)11(24)15(27-9)23-8-20-10-13(23)21-16(19)22-14(10)25/h8-9,11-12,15,24H,7H2,1-6H3,(H,26,31)(H3,19,21,22,25)/t9-,11?,12+,15-,30?/m1/s1. The number of nitrogens with one attached hydrogen (secondary N) is 1. The van der Waals surface area contributed by atoms with Crippen molar-refractivity contribution in [2.45, 2.75) is 78.1 Å². The van der Waals surface area contributed by atoms with Gasteiger partial charge in [0.25, 0.3) is 5.56 Å². The van der Waals surface area contributed by atoms with Crippen LogP contribution in [0.15, 0.2) is 11.1 Å². The molecular formula is C18H30N5O6PS. The van der Waals surface area contributed by atoms with Gasteiger partial charge in [-0.05, 0) is 44.4 Å². The number of rotatable bonds is 5. The lowest BCUT2D eigenvalue weighted by Crippen LogP contribution is -2.36. The zero-order chi connectivity index (χ0) is 23.4. The number of imidazole rings is 1. The van der Waals surface area contributed by atoms with E-state index in [2.05, 4.69) is 15.0 Å². The maximum atomic E-state index is 12.1. The Morgan fingerprint density at radius 3 is 2.58 bits per heavy atom. The Morgan fingerprint density at radius 1 is 1.35 bits per heavy atom. The van der Waals surface area contributed by atoms with Crippen LogP contribution in [0.1, 0.15) is 54.2 Å². The Morgan fingerprint density at radius 2 is 2.00 bits per heavy atom. The summed E-state index contributed by atoms with van der Waals surface area (Å²) in [6, 6.07) is 0. The second-order valence-corrected chi connectivity index (χ2v) is 12.6. The zero-order valence-corrected chi connectivity index (χ0v) is 20.1. The summed E-state index contributed by atoms with van der Waals surface area (Å²) in [6.45, 7) is 7.59. The Balaban J connectivity index is 1.98. The highest BCUT2D eigenvalue weighted by molar-refractivity contribution is 8.07. The number of aromatic amines is 1. The van der Waals surface area contributed by atoms with E-state index >= 15 is 0 Å². The summed E-state index contributed by atoms with van der Waals surface area (Å²) in [5.41, 5.74) is 4.47. The number of ether oxygens (including phenoxy) is 1. The third-order valence-electron chi connectivity index (χ3n) is 4.49. The molecule has 3 rings (SSSR count). The van der Waals surface area contributed by atoms with Gasteiger partial charge in [0.15, 0.2) is 17.4 Å². The number of nitrogen functional groups attached to an aromatic ring is 1. The van der Waals surface area contributed by atoms with Crippen molar-refractivity contribution < 1.29 is 23.8 Å². The first-order valence-electron chi connectivity index (χ1n) is 9.84. The van der Waals surface area contributed by atoms with Crippen LogP contribution in [-0.2, 0) is 25.6 Å². The van der Waals surface area contributed by atoms with Gasteiger partial charge in [-0.1, -0.05) is 20.8 Å². The molecular weight excluding hydrogens is 445 g/mol. The molecule has 13 heteroatoms. The molecule has 31 heavy (non-hydrogen) atoms. The molecule has 174 valence electrons. The molecule has 1 aliphatic heterocycles. The number of aliphatic hydroxyl groups is 1. The van der Waals surface area contributed by atoms with E-state index in [1.54, 1.807) is 20.8 Å². The van der Waals surface area contributed by atoms with Crippen LogP contribution in [0.3, 0.4) is 0 Å². The van der Waals surface area contributed by atoms with Crippen molar-refractivity contribution in [1.29, 1.82) is 0 Å². The van der Waals surface area contributed by atoms with E-state index in [0.717, 1.165) is 0 Å². The predicted molar refractivity (Wildman–Crippen MR) is 119 cm³/mol. The largest absolute Gasteiger partial charge is 0.386 e. The molecule has 0 saturated carbocycles. The predicted octanol–water partition coefficient (Wildman–Crippen LogP) is 1.81. The van der Waals surface area contributed by atoms with Gasteiger partial charge >= 0.3 is 6.72 Å². The summed E-state index contributed by atoms with van der Waals surface area (Å²) in [5.74, 6) is -0.0878. The van der Waals surface area contributed by atoms with Gasteiger partial charge in [-0.15, -0.1) is 0 Å². The third kappa shape index (κ3) is 5.70. The summed E-state index contributed by atoms with van der Waals surface area (Å²) >= 11 is 5.19. The number of anilines is 1. The first kappa shape index (κ1) is 24.2. The number of hydrogen-bond donors (Lipinski definition) is 4. The molecule has 0 aliphatic carbocycles. The van der Waals surface area contributed by atoms with Gasteiger partial charge < -0.3 is 25.0 Å². The van der Waals surface area contributed by atoms with Crippen molar-refractivity contribution in [3.05, 3.63) is 16.7 Å². The third-order valence-corrected chi connectivity index (χ3v) is 6.26. The zero-order valence-electron chi connectivity index (χ0n) is 18.4. The molecule has 2 unspecified atom stereocenters. The number of nitrogens with two attached hydrogens (primary N) is 1. The van der Waals surface area contributed by atoms with E-state index in [1.165, 1.54) is 10.9 Å². The van der Waals surface area contributed by atoms with Gasteiger partial charge in [0.1, 0.15) is 12.2 Å². The van der Waals surface area contributed by atoms with Gasteiger partial charge in [-0.3, -0.25) is 18.9 Å². The SMILES string of the molecule is CC(C)(C)C[C@H]1O[C@@H](n2cnc3c(=O)[nH]c(N)nc32)C(O)[C@H]1OP(O)(=S)OC(C)(C)C. The van der Waals surface area contributed by atoms with E-state index in [9.17, 15) is 14.8 Å². The lowest BCUT2D eigenvalue weighted by molar-refractivity contribution is -0.0457. The van der Waals surface area contributed by atoms with Crippen molar-refractivity contribution in [2.75, 3.05) is 5.73 Å². The second kappa shape index (κ2) is 8.18. The molecule has 0 aromatic carbocycles. The van der Waals surface area contributed by atoms with E-state index < -0.39 is 42.4 Å². The lowest BCUT2D eigenvalue weighted by Gasteiger charge is -2.31. The van der Waals surface area contributed by atoms with Gasteiger partial charge in [-0.2, -0.15) is 4.98 Å². The molecule has 0 bridgehead atoms. The minimum Gasteiger partial charge on any atom is -0.386 e. The van der Waals surface area contributed by atoms with Crippen LogP contribution in [0, 0.1) is 5.41 Å². The van der Waals surface area contributed by atoms with Crippen LogP contribution in [0.25, 0.3) is 11.2 Å². The summed E-state index contributed by atoms with van der Waals surface area (Å²) in [7, 11) is 0. The fraction of sp³-hybridized carbons (Fsp3) is 0.722. The van der Waals surface area contributed by atoms with Crippen LogP contribution in [0.4, 0.5) is 5.95 Å². The first-order valence-corrected chi connectivity index (χ1v) is 12.4. The first-order chi connectivity index (χ1) is 14.1. The average Bonchev–Trinajstić information content (AvgIpc) is 3.07. The lowest BCUT2D eigenvalue weighted by atomic mass is 9.87. The average molecular weight is 476 g/mol. The molecule has 1 saturated heterocycles. The van der Waals surface area contributed by atoms with E-state index in [4.69, 9.17) is 31.3 Å². The van der Waals surface area contributed by atoms with E-state index in [-0.39, 0.29) is 22.5 Å². The highest BCUT2D eigenvalue weighted by atomic mass is 32.5. The van der Waals surface area contributed by atoms with E-state index in [1.807, 2.05) is 20.8 Å². The van der Waals surface area contributed by atoms with Crippen LogP contribution in [0.2, 0.25) is 0 Å². The Hall–Kier alpha value is -1.40. The molecule has 1 fully saturated rings. The van der Waals surface area contributed by atoms with Crippen LogP contribution in [0.5, 0.6) is 0 Å². The van der Waals surface area contributed by atoms with Crippen molar-refractivity contribution in [2.24, 2.45) is 5.41 Å². The highest BCUT2D eigenvalue weighted by Crippen LogP contribution is 2.52. The number of fused-ring (bicyclic) bond motifs is 1. The van der Waals surface area contributed by atoms with Crippen molar-refractivity contribution >= 4 is 35.6 Å². The minimum atomic E-state index is -3.69. The summed E-state index contributed by atoms with van der Waals surface area (Å²) in [4.78, 5) is 33.3. The molecule has 0 amide bonds. The number of H-pyrrole nitrogens is 1. The fourth-order valence-electron chi connectivity index (χ4n) is 3.50. The second-order valence-electron chi connectivity index (χ2n) is 9.84. The maximum Gasteiger partial charge on any atom is 0.325 e. The monoisotopic (exact) mass is 475 g/mol. The molecule has 0 radical (unpaired) electrons. The Bertz CT molecular complexity index is 1060. The maximum absolute atomic E-state index is 12.1. The molecule has 11 nitrogen and oxygen atoms in total. The summed E-state index contributed by atoms with van der Waals surface area (Å²) < 4.78 is 18.9. The molecule has 0 spiro atoms. The molecule has 5 atom stereocenters. The molecule has 2 aromatic heterocycles. The Labute approximate surface area is 185 Å². The smallest absolute Gasteiger partial charge is 0.325 e. The number of hydrogen-bond acceptors (Lipinski definition) is 9. The van der Waals surface area contributed by atoms with Gasteiger partial charge in [0.05, 0.1) is 18.0 Å². The molecule has 3 heterocycles. The Kier molecular flexibility index (Phi) is 6.40. The number of aliphatic hydroxyl groups excluding tert-OH is 1. The minimum absolute atomic E-state index is 0.0603. The van der Waals surface area contributed by atoms with Crippen LogP contribution < -0.4 is 11.3 Å². The topological polar surface area (TPSA) is 158 Å². The van der Waals surface area contributed by atoms with Crippen LogP contribution >= 0.6 is 6.72 Å². The van der Waals surface area contributed by atoms with Crippen LogP contribution in [-0.4, -0.2) is 53.4 Å². The van der Waals surface area contributed by atoms with Crippen molar-refractivity contribution in [1.82, 2.24) is 19.5 Å². The van der Waals surface area contributed by atoms with Gasteiger partial charge in [-0.25, -0.2) is 4.98 Å². The number of nitrogens with zero attached hydrogens (tertiary/aromatic N) is 3. The van der Waals surface area contributed by atoms with Gasteiger partial charge in [0.2, 0.25) is 5.95 Å².